The van der Waals surface area contributed by atoms with Gasteiger partial charge in [-0.05, 0) is 25.0 Å². The van der Waals surface area contributed by atoms with E-state index in [1.807, 2.05) is 30.3 Å². The molecule has 0 radical (unpaired) electrons. The molecule has 1 aromatic heterocycles. The normalized spacial score (nSPS) is 23.2. The lowest BCUT2D eigenvalue weighted by Crippen LogP contribution is -2.22. The first kappa shape index (κ1) is 12.6. The van der Waals surface area contributed by atoms with Crippen LogP contribution in [0.2, 0.25) is 0 Å². The maximum absolute atomic E-state index is 10.0. The first-order valence-electron chi connectivity index (χ1n) is 6.66. The number of hydrogen-bond acceptors (Lipinski definition) is 5. The molecule has 0 bridgehead atoms. The van der Waals surface area contributed by atoms with Gasteiger partial charge >= 0.3 is 0 Å². The molecular weight excluding hydrogens is 258 g/mol. The topological polar surface area (TPSA) is 58.0 Å². The van der Waals surface area contributed by atoms with Gasteiger partial charge in [0, 0.05) is 11.6 Å². The summed E-state index contributed by atoms with van der Waals surface area (Å²) < 4.78 is 0. The van der Waals surface area contributed by atoms with E-state index >= 15 is 0 Å². The highest BCUT2D eigenvalue weighted by molar-refractivity contribution is 7.15. The number of anilines is 2. The van der Waals surface area contributed by atoms with Crippen LogP contribution in [0.5, 0.6) is 0 Å². The maximum Gasteiger partial charge on any atom is 0.210 e. The molecule has 0 amide bonds. The van der Waals surface area contributed by atoms with Crippen LogP contribution in [0.3, 0.4) is 0 Å². The highest BCUT2D eigenvalue weighted by Crippen LogP contribution is 2.36. The molecule has 2 N–H and O–H groups in total. The van der Waals surface area contributed by atoms with E-state index in [-0.39, 0.29) is 12.0 Å². The number of para-hydroxylation sites is 1. The first-order chi connectivity index (χ1) is 9.33. The Bertz CT molecular complexity index is 528. The van der Waals surface area contributed by atoms with Gasteiger partial charge in [-0.1, -0.05) is 42.4 Å². The summed E-state index contributed by atoms with van der Waals surface area (Å²) in [6.07, 6.45) is 3.92. The van der Waals surface area contributed by atoms with Crippen molar-refractivity contribution in [1.82, 2.24) is 10.2 Å². The van der Waals surface area contributed by atoms with Crippen LogP contribution in [0.25, 0.3) is 0 Å². The Morgan fingerprint density at radius 3 is 2.68 bits per heavy atom. The summed E-state index contributed by atoms with van der Waals surface area (Å²) in [6, 6.07) is 9.94. The van der Waals surface area contributed by atoms with E-state index in [4.69, 9.17) is 0 Å². The molecular formula is C14H17N3OS. The molecule has 1 saturated carbocycles. The van der Waals surface area contributed by atoms with E-state index in [1.165, 1.54) is 6.42 Å². The molecule has 100 valence electrons. The van der Waals surface area contributed by atoms with Gasteiger partial charge in [-0.2, -0.15) is 0 Å². The fourth-order valence-electron chi connectivity index (χ4n) is 2.48. The third-order valence-electron chi connectivity index (χ3n) is 3.51. The van der Waals surface area contributed by atoms with Crippen molar-refractivity contribution in [2.75, 3.05) is 5.32 Å². The lowest BCUT2D eigenvalue weighted by Gasteiger charge is -2.25. The Morgan fingerprint density at radius 2 is 1.89 bits per heavy atom. The van der Waals surface area contributed by atoms with Gasteiger partial charge < -0.3 is 10.4 Å². The summed E-state index contributed by atoms with van der Waals surface area (Å²) in [4.78, 5) is 0. The molecule has 19 heavy (non-hydrogen) atoms. The second kappa shape index (κ2) is 5.67. The quantitative estimate of drug-likeness (QED) is 0.902. The van der Waals surface area contributed by atoms with Crippen molar-refractivity contribution in [2.45, 2.75) is 37.7 Å². The molecule has 0 unspecified atom stereocenters. The molecule has 4 nitrogen and oxygen atoms in total. The minimum Gasteiger partial charge on any atom is -0.392 e. The SMILES string of the molecule is O[C@H]1CCCC[C@@H]1c1nnc(Nc2ccccc2)s1. The Kier molecular flexibility index (Phi) is 3.75. The van der Waals surface area contributed by atoms with Crippen LogP contribution in [-0.2, 0) is 0 Å². The third kappa shape index (κ3) is 2.93. The molecule has 0 spiro atoms. The average Bonchev–Trinajstić information content (AvgIpc) is 2.89. The predicted octanol–water partition coefficient (Wildman–Crippen LogP) is 3.30. The van der Waals surface area contributed by atoms with Crippen LogP contribution in [0.1, 0.15) is 36.6 Å². The first-order valence-corrected chi connectivity index (χ1v) is 7.48. The minimum absolute atomic E-state index is 0.164. The Balaban J connectivity index is 1.72. The maximum atomic E-state index is 10.0. The molecule has 0 aliphatic heterocycles. The average molecular weight is 275 g/mol. The number of benzene rings is 1. The van der Waals surface area contributed by atoms with Crippen LogP contribution in [0.4, 0.5) is 10.8 Å². The number of aliphatic hydroxyl groups excluding tert-OH is 1. The zero-order valence-electron chi connectivity index (χ0n) is 10.6. The Hall–Kier alpha value is -1.46. The molecule has 1 aliphatic carbocycles. The van der Waals surface area contributed by atoms with Gasteiger partial charge in [-0.15, -0.1) is 10.2 Å². The third-order valence-corrected chi connectivity index (χ3v) is 4.48. The second-order valence-electron chi connectivity index (χ2n) is 4.89. The number of aliphatic hydroxyl groups is 1. The number of rotatable bonds is 3. The van der Waals surface area contributed by atoms with Gasteiger partial charge in [0.25, 0.3) is 0 Å². The Morgan fingerprint density at radius 1 is 1.11 bits per heavy atom. The van der Waals surface area contributed by atoms with Crippen molar-refractivity contribution in [2.24, 2.45) is 0 Å². The van der Waals surface area contributed by atoms with Crippen molar-refractivity contribution in [3.05, 3.63) is 35.3 Å². The van der Waals surface area contributed by atoms with Gasteiger partial charge in [0.1, 0.15) is 5.01 Å². The summed E-state index contributed by atoms with van der Waals surface area (Å²) in [6.45, 7) is 0. The van der Waals surface area contributed by atoms with Gasteiger partial charge in [-0.25, -0.2) is 0 Å². The number of nitrogens with one attached hydrogen (secondary N) is 1. The van der Waals surface area contributed by atoms with Gasteiger partial charge in [0.15, 0.2) is 0 Å². The molecule has 5 heteroatoms. The van der Waals surface area contributed by atoms with Gasteiger partial charge in [0.05, 0.1) is 6.10 Å². The van der Waals surface area contributed by atoms with Gasteiger partial charge in [-0.3, -0.25) is 0 Å². The lowest BCUT2D eigenvalue weighted by atomic mass is 9.87. The van der Waals surface area contributed by atoms with Crippen LogP contribution < -0.4 is 5.32 Å². The van der Waals surface area contributed by atoms with Crippen LogP contribution in [0, 0.1) is 0 Å². The van der Waals surface area contributed by atoms with E-state index < -0.39 is 0 Å². The summed E-state index contributed by atoms with van der Waals surface area (Å²) >= 11 is 1.54. The number of aromatic nitrogens is 2. The predicted molar refractivity (Wildman–Crippen MR) is 76.8 cm³/mol. The molecule has 1 aromatic carbocycles. The molecule has 2 aromatic rings. The highest BCUT2D eigenvalue weighted by atomic mass is 32.1. The summed E-state index contributed by atoms with van der Waals surface area (Å²) in [5, 5.41) is 23.4. The summed E-state index contributed by atoms with van der Waals surface area (Å²) in [5.74, 6) is 0.164. The van der Waals surface area contributed by atoms with E-state index in [0.717, 1.165) is 35.1 Å². The van der Waals surface area contributed by atoms with Crippen LogP contribution >= 0.6 is 11.3 Å². The zero-order chi connectivity index (χ0) is 13.1. The fraction of sp³-hybridized carbons (Fsp3) is 0.429. The van der Waals surface area contributed by atoms with Crippen LogP contribution in [0.15, 0.2) is 30.3 Å². The summed E-state index contributed by atoms with van der Waals surface area (Å²) in [7, 11) is 0. The van der Waals surface area contributed by atoms with Crippen molar-refractivity contribution < 1.29 is 5.11 Å². The minimum atomic E-state index is -0.258. The van der Waals surface area contributed by atoms with E-state index in [9.17, 15) is 5.11 Å². The Labute approximate surface area is 116 Å². The fourth-order valence-corrected chi connectivity index (χ4v) is 3.44. The standard InChI is InChI=1S/C14H17N3OS/c18-12-9-5-4-8-11(12)13-16-17-14(19-13)15-10-6-2-1-3-7-10/h1-3,6-7,11-12,18H,4-5,8-9H2,(H,15,17)/t11-,12-/m0/s1. The van der Waals surface area contributed by atoms with Crippen molar-refractivity contribution in [3.63, 3.8) is 0 Å². The van der Waals surface area contributed by atoms with Crippen LogP contribution in [-0.4, -0.2) is 21.4 Å². The van der Waals surface area contributed by atoms with Crippen molar-refractivity contribution in [1.29, 1.82) is 0 Å². The number of nitrogens with zero attached hydrogens (tertiary/aromatic N) is 2. The highest BCUT2D eigenvalue weighted by Gasteiger charge is 2.27. The summed E-state index contributed by atoms with van der Waals surface area (Å²) in [5.41, 5.74) is 1.01. The lowest BCUT2D eigenvalue weighted by molar-refractivity contribution is 0.106. The van der Waals surface area contributed by atoms with Gasteiger partial charge in [0.2, 0.25) is 5.13 Å². The molecule has 3 rings (SSSR count). The van der Waals surface area contributed by atoms with E-state index in [1.54, 1.807) is 11.3 Å². The monoisotopic (exact) mass is 275 g/mol. The van der Waals surface area contributed by atoms with E-state index in [2.05, 4.69) is 15.5 Å². The molecule has 1 fully saturated rings. The van der Waals surface area contributed by atoms with Crippen molar-refractivity contribution in [3.8, 4) is 0 Å². The van der Waals surface area contributed by atoms with E-state index in [0.29, 0.717) is 0 Å². The molecule has 1 aliphatic rings. The number of hydrogen-bond donors (Lipinski definition) is 2. The zero-order valence-corrected chi connectivity index (χ0v) is 11.4. The largest absolute Gasteiger partial charge is 0.392 e. The second-order valence-corrected chi connectivity index (χ2v) is 5.90. The molecule has 1 heterocycles. The molecule has 0 saturated heterocycles. The molecule has 2 atom stereocenters. The smallest absolute Gasteiger partial charge is 0.210 e. The van der Waals surface area contributed by atoms with Crippen molar-refractivity contribution >= 4 is 22.2 Å².